The maximum absolute atomic E-state index is 12.8. The smallest absolute Gasteiger partial charge is 0.406 e. The minimum atomic E-state index is -4.73. The lowest BCUT2D eigenvalue weighted by Gasteiger charge is -2.43. The van der Waals surface area contributed by atoms with Crippen LogP contribution in [-0.4, -0.2) is 59.6 Å². The van der Waals surface area contributed by atoms with Crippen LogP contribution >= 0.6 is 0 Å². The van der Waals surface area contributed by atoms with Crippen molar-refractivity contribution in [1.29, 1.82) is 0 Å². The second-order valence-electron chi connectivity index (χ2n) is 9.40. The topological polar surface area (TPSA) is 35.9 Å². The molecule has 0 bridgehead atoms. The summed E-state index contributed by atoms with van der Waals surface area (Å²) in [5.41, 5.74) is 1.10. The fourth-order valence-corrected chi connectivity index (χ4v) is 5.26. The first-order valence-corrected chi connectivity index (χ1v) is 11.9. The third-order valence-electron chi connectivity index (χ3n) is 7.02. The number of hydrogen-bond acceptors (Lipinski definition) is 4. The van der Waals surface area contributed by atoms with E-state index in [2.05, 4.69) is 38.8 Å². The Balaban J connectivity index is 1.46. The van der Waals surface area contributed by atoms with Gasteiger partial charge in [0.1, 0.15) is 5.75 Å². The van der Waals surface area contributed by atoms with Crippen molar-refractivity contribution in [3.05, 3.63) is 65.7 Å². The SMILES string of the molecule is OC1([C@H](CN2CCN(Cc3ccccc3)CC2)c2cccc(OC(F)(F)F)c2)CCCCC1. The van der Waals surface area contributed by atoms with E-state index < -0.39 is 12.0 Å². The molecule has 1 N–H and O–H groups in total. The summed E-state index contributed by atoms with van der Waals surface area (Å²) in [5.74, 6) is -0.479. The van der Waals surface area contributed by atoms with E-state index in [-0.39, 0.29) is 11.7 Å². The van der Waals surface area contributed by atoms with Crippen molar-refractivity contribution in [2.75, 3.05) is 32.7 Å². The Morgan fingerprint density at radius 3 is 2.21 bits per heavy atom. The van der Waals surface area contributed by atoms with Gasteiger partial charge in [-0.15, -0.1) is 13.2 Å². The molecule has 2 aliphatic rings. The summed E-state index contributed by atoms with van der Waals surface area (Å²) in [6.07, 6.45) is -0.408. The molecule has 1 saturated carbocycles. The van der Waals surface area contributed by atoms with Crippen molar-refractivity contribution >= 4 is 0 Å². The predicted octanol–water partition coefficient (Wildman–Crippen LogP) is 5.18. The number of ether oxygens (including phenoxy) is 1. The van der Waals surface area contributed by atoms with E-state index >= 15 is 0 Å². The van der Waals surface area contributed by atoms with Crippen LogP contribution in [0.15, 0.2) is 54.6 Å². The number of piperazine rings is 1. The number of hydrogen-bond donors (Lipinski definition) is 1. The van der Waals surface area contributed by atoms with Gasteiger partial charge in [-0.1, -0.05) is 61.7 Å². The lowest BCUT2D eigenvalue weighted by Crippen LogP contribution is -2.50. The van der Waals surface area contributed by atoms with Gasteiger partial charge in [0.25, 0.3) is 0 Å². The maximum atomic E-state index is 12.8. The Morgan fingerprint density at radius 1 is 0.879 bits per heavy atom. The highest BCUT2D eigenvalue weighted by Crippen LogP contribution is 2.41. The van der Waals surface area contributed by atoms with Gasteiger partial charge in [0.15, 0.2) is 0 Å². The van der Waals surface area contributed by atoms with Gasteiger partial charge < -0.3 is 14.7 Å². The Labute approximate surface area is 194 Å². The highest BCUT2D eigenvalue weighted by atomic mass is 19.4. The molecule has 0 unspecified atom stereocenters. The Morgan fingerprint density at radius 2 is 1.55 bits per heavy atom. The molecule has 1 heterocycles. The van der Waals surface area contributed by atoms with Gasteiger partial charge in [0, 0.05) is 45.2 Å². The monoisotopic (exact) mass is 462 g/mol. The number of nitrogens with zero attached hydrogens (tertiary/aromatic N) is 2. The third-order valence-corrected chi connectivity index (χ3v) is 7.02. The standard InChI is InChI=1S/C26H33F3N2O2/c27-26(28,29)33-23-11-7-10-22(18-23)24(25(32)12-5-2-6-13-25)20-31-16-14-30(15-17-31)19-21-8-3-1-4-9-21/h1,3-4,7-11,18,24,32H,2,5-6,12-17,19-20H2/t24-/m1/s1. The van der Waals surface area contributed by atoms with Gasteiger partial charge in [0.05, 0.1) is 5.60 Å². The molecule has 1 atom stereocenters. The molecular formula is C26H33F3N2O2. The van der Waals surface area contributed by atoms with Crippen LogP contribution in [-0.2, 0) is 6.54 Å². The van der Waals surface area contributed by atoms with Crippen LogP contribution in [0, 0.1) is 0 Å². The molecule has 2 aromatic carbocycles. The minimum absolute atomic E-state index is 0.225. The summed E-state index contributed by atoms with van der Waals surface area (Å²) in [6, 6.07) is 16.6. The van der Waals surface area contributed by atoms with Crippen molar-refractivity contribution in [1.82, 2.24) is 9.80 Å². The van der Waals surface area contributed by atoms with Crippen LogP contribution in [0.4, 0.5) is 13.2 Å². The Kier molecular flexibility index (Phi) is 7.62. The summed E-state index contributed by atoms with van der Waals surface area (Å²) < 4.78 is 42.5. The zero-order valence-electron chi connectivity index (χ0n) is 18.9. The van der Waals surface area contributed by atoms with Crippen LogP contribution in [0.1, 0.15) is 49.1 Å². The molecule has 0 spiro atoms. The molecule has 4 rings (SSSR count). The first-order chi connectivity index (χ1) is 15.8. The van der Waals surface area contributed by atoms with Gasteiger partial charge in [-0.3, -0.25) is 4.90 Å². The summed E-state index contributed by atoms with van der Waals surface area (Å²) in [6.45, 7) is 5.15. The number of halogens is 3. The average Bonchev–Trinajstić information content (AvgIpc) is 2.79. The van der Waals surface area contributed by atoms with Crippen LogP contribution in [0.5, 0.6) is 5.75 Å². The van der Waals surface area contributed by atoms with E-state index in [1.165, 1.54) is 17.7 Å². The lowest BCUT2D eigenvalue weighted by atomic mass is 9.72. The molecule has 0 radical (unpaired) electrons. The largest absolute Gasteiger partial charge is 0.573 e. The van der Waals surface area contributed by atoms with Crippen LogP contribution in [0.25, 0.3) is 0 Å². The summed E-state index contributed by atoms with van der Waals surface area (Å²) in [7, 11) is 0. The number of benzene rings is 2. The molecule has 0 aromatic heterocycles. The molecule has 180 valence electrons. The van der Waals surface area contributed by atoms with E-state index in [1.807, 2.05) is 12.1 Å². The van der Waals surface area contributed by atoms with Crippen molar-refractivity contribution < 1.29 is 23.0 Å². The highest BCUT2D eigenvalue weighted by Gasteiger charge is 2.40. The minimum Gasteiger partial charge on any atom is -0.406 e. The quantitative estimate of drug-likeness (QED) is 0.615. The first-order valence-electron chi connectivity index (χ1n) is 11.9. The molecule has 1 aliphatic heterocycles. The van der Waals surface area contributed by atoms with E-state index in [0.717, 1.165) is 52.0 Å². The van der Waals surface area contributed by atoms with Gasteiger partial charge in [0.2, 0.25) is 0 Å². The van der Waals surface area contributed by atoms with E-state index in [9.17, 15) is 18.3 Å². The molecule has 0 amide bonds. The predicted molar refractivity (Wildman–Crippen MR) is 122 cm³/mol. The number of rotatable bonds is 7. The zero-order valence-corrected chi connectivity index (χ0v) is 18.9. The zero-order chi connectivity index (χ0) is 23.3. The Bertz CT molecular complexity index is 877. The normalized spacial score (nSPS) is 21.0. The van der Waals surface area contributed by atoms with Gasteiger partial charge in [-0.2, -0.15) is 0 Å². The van der Waals surface area contributed by atoms with E-state index in [1.54, 1.807) is 6.07 Å². The van der Waals surface area contributed by atoms with Crippen molar-refractivity contribution in [2.45, 2.75) is 56.5 Å². The lowest BCUT2D eigenvalue weighted by molar-refractivity contribution is -0.274. The van der Waals surface area contributed by atoms with Crippen molar-refractivity contribution in [2.24, 2.45) is 0 Å². The molecule has 7 heteroatoms. The molecule has 2 fully saturated rings. The van der Waals surface area contributed by atoms with Crippen LogP contribution < -0.4 is 4.74 Å². The summed E-state index contributed by atoms with van der Waals surface area (Å²) in [4.78, 5) is 4.77. The fourth-order valence-electron chi connectivity index (χ4n) is 5.26. The second kappa shape index (κ2) is 10.5. The molecule has 2 aromatic rings. The van der Waals surface area contributed by atoms with Gasteiger partial charge in [-0.05, 0) is 36.1 Å². The van der Waals surface area contributed by atoms with Crippen molar-refractivity contribution in [3.8, 4) is 5.75 Å². The molecule has 4 nitrogen and oxygen atoms in total. The maximum Gasteiger partial charge on any atom is 0.573 e. The van der Waals surface area contributed by atoms with Gasteiger partial charge >= 0.3 is 6.36 Å². The van der Waals surface area contributed by atoms with Crippen LogP contribution in [0.2, 0.25) is 0 Å². The molecule has 1 aliphatic carbocycles. The third kappa shape index (κ3) is 6.71. The summed E-state index contributed by atoms with van der Waals surface area (Å²) >= 11 is 0. The fraction of sp³-hybridized carbons (Fsp3) is 0.538. The highest BCUT2D eigenvalue weighted by molar-refractivity contribution is 5.33. The average molecular weight is 463 g/mol. The summed E-state index contributed by atoms with van der Waals surface area (Å²) in [5, 5.41) is 11.6. The number of alkyl halides is 3. The Hall–Kier alpha value is -2.09. The van der Waals surface area contributed by atoms with Gasteiger partial charge in [-0.25, -0.2) is 0 Å². The van der Waals surface area contributed by atoms with Crippen LogP contribution in [0.3, 0.4) is 0 Å². The van der Waals surface area contributed by atoms with E-state index in [4.69, 9.17) is 0 Å². The van der Waals surface area contributed by atoms with E-state index in [0.29, 0.717) is 24.9 Å². The molecule has 33 heavy (non-hydrogen) atoms. The van der Waals surface area contributed by atoms with Crippen molar-refractivity contribution in [3.63, 3.8) is 0 Å². The first kappa shape index (κ1) is 24.0. The number of aliphatic hydroxyl groups is 1. The second-order valence-corrected chi connectivity index (χ2v) is 9.40. The molecular weight excluding hydrogens is 429 g/mol. The molecule has 1 saturated heterocycles.